The van der Waals surface area contributed by atoms with Crippen molar-refractivity contribution in [2.24, 2.45) is 17.8 Å². The van der Waals surface area contributed by atoms with Crippen molar-refractivity contribution in [2.75, 3.05) is 13.1 Å². The molecule has 5 aliphatic rings. The lowest BCUT2D eigenvalue weighted by Gasteiger charge is -2.56. The van der Waals surface area contributed by atoms with E-state index in [2.05, 4.69) is 10.6 Å². The molecule has 1 unspecified atom stereocenters. The minimum atomic E-state index is -0.893. The maximum Gasteiger partial charge on any atom is 0.321 e. The normalized spacial score (nSPS) is 37.3. The Morgan fingerprint density at radius 2 is 1.59 bits per heavy atom. The zero-order valence-corrected chi connectivity index (χ0v) is 16.4. The van der Waals surface area contributed by atoms with Crippen LogP contribution in [0.2, 0.25) is 0 Å². The van der Waals surface area contributed by atoms with Gasteiger partial charge in [-0.15, -0.1) is 12.4 Å². The first-order chi connectivity index (χ1) is 12.4. The van der Waals surface area contributed by atoms with Crippen LogP contribution in [0.5, 0.6) is 0 Å². The molecule has 5 fully saturated rings. The standard InChI is InChI=1S/C19H29N3O4.ClH/c23-16(11-22-4-2-1-3-15(22)17(24)25)20-18(26)21-19-8-12-5-13(9-19)7-14(6-12)10-19;/h12-15H,1-11H2,(H,24,25)(H2,20,21,23,26);1H. The van der Waals surface area contributed by atoms with E-state index in [1.54, 1.807) is 4.90 Å². The van der Waals surface area contributed by atoms with Gasteiger partial charge in [0.05, 0.1) is 6.54 Å². The summed E-state index contributed by atoms with van der Waals surface area (Å²) in [4.78, 5) is 37.7. The molecule has 0 aromatic carbocycles. The first-order valence-electron chi connectivity index (χ1n) is 10.0. The van der Waals surface area contributed by atoms with E-state index in [-0.39, 0.29) is 24.5 Å². The highest BCUT2D eigenvalue weighted by atomic mass is 35.5. The molecule has 4 bridgehead atoms. The van der Waals surface area contributed by atoms with Gasteiger partial charge in [0, 0.05) is 5.54 Å². The van der Waals surface area contributed by atoms with Crippen LogP contribution in [0.15, 0.2) is 0 Å². The molecule has 8 heteroatoms. The van der Waals surface area contributed by atoms with Crippen LogP contribution >= 0.6 is 12.4 Å². The van der Waals surface area contributed by atoms with Gasteiger partial charge < -0.3 is 10.4 Å². The van der Waals surface area contributed by atoms with Gasteiger partial charge in [0.15, 0.2) is 0 Å². The molecule has 4 aliphatic carbocycles. The van der Waals surface area contributed by atoms with Gasteiger partial charge in [0.2, 0.25) is 5.91 Å². The van der Waals surface area contributed by atoms with Crippen molar-refractivity contribution in [1.29, 1.82) is 0 Å². The molecule has 1 aliphatic heterocycles. The van der Waals surface area contributed by atoms with Gasteiger partial charge in [0.1, 0.15) is 6.04 Å². The van der Waals surface area contributed by atoms with E-state index in [1.165, 1.54) is 19.3 Å². The number of carboxylic acid groups (broad SMARTS) is 1. The summed E-state index contributed by atoms with van der Waals surface area (Å²) in [5.74, 6) is 0.863. The Hall–Kier alpha value is -1.34. The maximum atomic E-state index is 12.4. The third-order valence-electron chi connectivity index (χ3n) is 6.92. The van der Waals surface area contributed by atoms with Crippen molar-refractivity contribution in [3.05, 3.63) is 0 Å². The third-order valence-corrected chi connectivity index (χ3v) is 6.92. The van der Waals surface area contributed by atoms with E-state index in [4.69, 9.17) is 0 Å². The molecule has 1 saturated heterocycles. The number of hydrogen-bond donors (Lipinski definition) is 3. The molecule has 3 N–H and O–H groups in total. The van der Waals surface area contributed by atoms with Crippen molar-refractivity contribution >= 4 is 30.3 Å². The van der Waals surface area contributed by atoms with Gasteiger partial charge in [-0.3, -0.25) is 19.8 Å². The third kappa shape index (κ3) is 4.40. The van der Waals surface area contributed by atoms with E-state index < -0.39 is 23.9 Å². The van der Waals surface area contributed by atoms with Crippen molar-refractivity contribution < 1.29 is 19.5 Å². The highest BCUT2D eigenvalue weighted by Gasteiger charge is 2.51. The number of carbonyl (C=O) groups is 3. The van der Waals surface area contributed by atoms with Gasteiger partial charge in [0.25, 0.3) is 0 Å². The monoisotopic (exact) mass is 399 g/mol. The maximum absolute atomic E-state index is 12.4. The number of likely N-dealkylation sites (tertiary alicyclic amines) is 1. The average Bonchev–Trinajstić information content (AvgIpc) is 2.52. The van der Waals surface area contributed by atoms with Gasteiger partial charge in [-0.05, 0) is 75.7 Å². The molecule has 0 spiro atoms. The van der Waals surface area contributed by atoms with Crippen LogP contribution in [-0.2, 0) is 9.59 Å². The largest absolute Gasteiger partial charge is 0.480 e. The summed E-state index contributed by atoms with van der Waals surface area (Å²) in [6.07, 6.45) is 9.31. The van der Waals surface area contributed by atoms with E-state index in [1.807, 2.05) is 0 Å². The van der Waals surface area contributed by atoms with E-state index in [0.29, 0.717) is 13.0 Å². The number of carbonyl (C=O) groups excluding carboxylic acids is 2. The molecule has 0 aromatic rings. The fourth-order valence-corrected chi connectivity index (χ4v) is 6.35. The zero-order valence-electron chi connectivity index (χ0n) is 15.6. The number of hydrogen-bond acceptors (Lipinski definition) is 4. The van der Waals surface area contributed by atoms with Crippen molar-refractivity contribution in [3.63, 3.8) is 0 Å². The summed E-state index contributed by atoms with van der Waals surface area (Å²) in [6.45, 7) is 0.548. The number of rotatable bonds is 4. The molecular formula is C19H30ClN3O4. The Kier molecular flexibility index (Phi) is 6.01. The van der Waals surface area contributed by atoms with Crippen LogP contribution in [0.25, 0.3) is 0 Å². The van der Waals surface area contributed by atoms with Crippen LogP contribution in [-0.4, -0.2) is 52.6 Å². The minimum absolute atomic E-state index is 0. The Balaban J connectivity index is 0.00000210. The number of nitrogens with zero attached hydrogens (tertiary/aromatic N) is 1. The molecule has 5 rings (SSSR count). The number of urea groups is 1. The second-order valence-electron chi connectivity index (χ2n) is 9.02. The van der Waals surface area contributed by atoms with Crippen molar-refractivity contribution in [3.8, 4) is 0 Å². The van der Waals surface area contributed by atoms with E-state index >= 15 is 0 Å². The SMILES string of the molecule is Cl.O=C(CN1CCCCC1C(=O)O)NC(=O)NC12CC3CC(CC(C3)C1)C2. The molecule has 27 heavy (non-hydrogen) atoms. The number of piperidine rings is 1. The Labute approximate surface area is 166 Å². The lowest BCUT2D eigenvalue weighted by Crippen LogP contribution is -2.62. The van der Waals surface area contributed by atoms with Crippen LogP contribution in [0.3, 0.4) is 0 Å². The predicted octanol–water partition coefficient (Wildman–Crippen LogP) is 2.14. The summed E-state index contributed by atoms with van der Waals surface area (Å²) >= 11 is 0. The number of imide groups is 1. The lowest BCUT2D eigenvalue weighted by molar-refractivity contribution is -0.145. The number of halogens is 1. The van der Waals surface area contributed by atoms with Crippen LogP contribution in [0.1, 0.15) is 57.8 Å². The van der Waals surface area contributed by atoms with E-state index in [9.17, 15) is 19.5 Å². The van der Waals surface area contributed by atoms with Gasteiger partial charge in [-0.1, -0.05) is 6.42 Å². The highest BCUT2D eigenvalue weighted by Crippen LogP contribution is 2.55. The molecule has 1 atom stereocenters. The predicted molar refractivity (Wildman–Crippen MR) is 102 cm³/mol. The summed E-state index contributed by atoms with van der Waals surface area (Å²) in [6, 6.07) is -1.04. The van der Waals surface area contributed by atoms with Crippen LogP contribution in [0.4, 0.5) is 4.79 Å². The molecule has 152 valence electrons. The fraction of sp³-hybridized carbons (Fsp3) is 0.842. The molecule has 4 saturated carbocycles. The molecule has 0 aromatic heterocycles. The summed E-state index contributed by atoms with van der Waals surface area (Å²) in [7, 11) is 0. The second kappa shape index (κ2) is 7.95. The van der Waals surface area contributed by atoms with E-state index in [0.717, 1.165) is 49.9 Å². The highest BCUT2D eigenvalue weighted by molar-refractivity contribution is 5.95. The number of aliphatic carboxylic acids is 1. The van der Waals surface area contributed by atoms with Gasteiger partial charge in [-0.25, -0.2) is 4.79 Å². The van der Waals surface area contributed by atoms with Crippen LogP contribution in [0, 0.1) is 17.8 Å². The molecule has 0 radical (unpaired) electrons. The molecule has 3 amide bonds. The fourth-order valence-electron chi connectivity index (χ4n) is 6.35. The van der Waals surface area contributed by atoms with Crippen LogP contribution < -0.4 is 10.6 Å². The number of carboxylic acids is 1. The number of nitrogens with one attached hydrogen (secondary N) is 2. The number of amides is 3. The molecule has 1 heterocycles. The minimum Gasteiger partial charge on any atom is -0.480 e. The first-order valence-corrected chi connectivity index (χ1v) is 10.0. The smallest absolute Gasteiger partial charge is 0.321 e. The van der Waals surface area contributed by atoms with Crippen molar-refractivity contribution in [1.82, 2.24) is 15.5 Å². The Bertz CT molecular complexity index is 576. The summed E-state index contributed by atoms with van der Waals surface area (Å²) in [5, 5.41) is 14.9. The second-order valence-corrected chi connectivity index (χ2v) is 9.02. The lowest BCUT2D eigenvalue weighted by atomic mass is 9.53. The molecule has 7 nitrogen and oxygen atoms in total. The molecular weight excluding hydrogens is 370 g/mol. The van der Waals surface area contributed by atoms with Crippen molar-refractivity contribution in [2.45, 2.75) is 69.4 Å². The Morgan fingerprint density at radius 3 is 2.15 bits per heavy atom. The average molecular weight is 400 g/mol. The topological polar surface area (TPSA) is 98.7 Å². The van der Waals surface area contributed by atoms with Gasteiger partial charge >= 0.3 is 12.0 Å². The quantitative estimate of drug-likeness (QED) is 0.672. The summed E-state index contributed by atoms with van der Waals surface area (Å²) in [5.41, 5.74) is -0.131. The zero-order chi connectivity index (χ0) is 18.3. The van der Waals surface area contributed by atoms with Gasteiger partial charge in [-0.2, -0.15) is 0 Å². The summed E-state index contributed by atoms with van der Waals surface area (Å²) < 4.78 is 0. The first kappa shape index (κ1) is 20.4. The Morgan fingerprint density at radius 1 is 1.00 bits per heavy atom.